The summed E-state index contributed by atoms with van der Waals surface area (Å²) in [5.74, 6) is -0.127. The van der Waals surface area contributed by atoms with Gasteiger partial charge in [-0.05, 0) is 30.9 Å². The van der Waals surface area contributed by atoms with Gasteiger partial charge in [0.25, 0.3) is 0 Å². The molecule has 4 nitrogen and oxygen atoms in total. The summed E-state index contributed by atoms with van der Waals surface area (Å²) in [5, 5.41) is 18.6. The molecule has 1 aliphatic rings. The van der Waals surface area contributed by atoms with E-state index in [4.69, 9.17) is 9.52 Å². The standard InChI is InChI=1S/C13H18O4/c14-10(6-5-9-3-1-2-4-9)11-7-8-12(17-11)13(15)16/h7-10,14H,1-6H2,(H,15,16). The Bertz CT molecular complexity index is 377. The van der Waals surface area contributed by atoms with E-state index < -0.39 is 12.1 Å². The van der Waals surface area contributed by atoms with Gasteiger partial charge in [0.2, 0.25) is 5.76 Å². The second-order valence-corrected chi connectivity index (χ2v) is 4.75. The molecule has 0 radical (unpaired) electrons. The third-order valence-electron chi connectivity index (χ3n) is 3.49. The van der Waals surface area contributed by atoms with E-state index in [2.05, 4.69) is 0 Å². The summed E-state index contributed by atoms with van der Waals surface area (Å²) in [5.41, 5.74) is 0. The summed E-state index contributed by atoms with van der Waals surface area (Å²) in [6.45, 7) is 0. The molecule has 17 heavy (non-hydrogen) atoms. The van der Waals surface area contributed by atoms with Crippen LogP contribution in [0.25, 0.3) is 0 Å². The van der Waals surface area contributed by atoms with Gasteiger partial charge in [0, 0.05) is 0 Å². The molecule has 0 bridgehead atoms. The van der Waals surface area contributed by atoms with Gasteiger partial charge in [0.05, 0.1) is 0 Å². The average Bonchev–Trinajstić information content (AvgIpc) is 2.96. The van der Waals surface area contributed by atoms with Gasteiger partial charge in [-0.1, -0.05) is 25.7 Å². The Morgan fingerprint density at radius 2 is 2.12 bits per heavy atom. The number of carboxylic acids is 1. The highest BCUT2D eigenvalue weighted by Gasteiger charge is 2.19. The van der Waals surface area contributed by atoms with Gasteiger partial charge in [0.15, 0.2) is 0 Å². The molecule has 1 atom stereocenters. The molecule has 1 saturated carbocycles. The summed E-state index contributed by atoms with van der Waals surface area (Å²) in [6, 6.07) is 2.93. The van der Waals surface area contributed by atoms with E-state index in [0.717, 1.165) is 12.3 Å². The maximum Gasteiger partial charge on any atom is 0.371 e. The molecule has 4 heteroatoms. The Balaban J connectivity index is 1.85. The lowest BCUT2D eigenvalue weighted by Crippen LogP contribution is -2.01. The number of carbonyl (C=O) groups is 1. The highest BCUT2D eigenvalue weighted by molar-refractivity contribution is 5.84. The zero-order valence-corrected chi connectivity index (χ0v) is 9.76. The molecule has 1 aromatic rings. The lowest BCUT2D eigenvalue weighted by molar-refractivity contribution is 0.0648. The Morgan fingerprint density at radius 1 is 1.41 bits per heavy atom. The van der Waals surface area contributed by atoms with Crippen molar-refractivity contribution >= 4 is 5.97 Å². The number of aliphatic hydroxyl groups is 1. The van der Waals surface area contributed by atoms with Gasteiger partial charge in [-0.25, -0.2) is 4.79 Å². The second kappa shape index (κ2) is 5.36. The molecule has 2 N–H and O–H groups in total. The Hall–Kier alpha value is -1.29. The molecule has 1 aliphatic carbocycles. The molecule has 2 rings (SSSR count). The molecular formula is C13H18O4. The SMILES string of the molecule is O=C(O)c1ccc(C(O)CCC2CCCC2)o1. The number of aliphatic hydroxyl groups excluding tert-OH is 1. The van der Waals surface area contributed by atoms with Crippen molar-refractivity contribution in [1.82, 2.24) is 0 Å². The lowest BCUT2D eigenvalue weighted by Gasteiger charge is -2.11. The molecule has 1 heterocycles. The second-order valence-electron chi connectivity index (χ2n) is 4.75. The summed E-state index contributed by atoms with van der Waals surface area (Å²) in [6.07, 6.45) is 6.07. The van der Waals surface area contributed by atoms with Crippen LogP contribution in [0, 0.1) is 5.92 Å². The zero-order chi connectivity index (χ0) is 12.3. The topological polar surface area (TPSA) is 70.7 Å². The van der Waals surface area contributed by atoms with E-state index in [-0.39, 0.29) is 5.76 Å². The number of carboxylic acid groups (broad SMARTS) is 1. The van der Waals surface area contributed by atoms with Gasteiger partial charge >= 0.3 is 5.97 Å². The fourth-order valence-electron chi connectivity index (χ4n) is 2.48. The molecule has 94 valence electrons. The van der Waals surface area contributed by atoms with E-state index >= 15 is 0 Å². The van der Waals surface area contributed by atoms with Crippen molar-refractivity contribution in [2.24, 2.45) is 5.92 Å². The first kappa shape index (κ1) is 12.2. The van der Waals surface area contributed by atoms with E-state index in [1.54, 1.807) is 6.07 Å². The predicted octanol–water partition coefficient (Wildman–Crippen LogP) is 2.98. The largest absolute Gasteiger partial charge is 0.475 e. The lowest BCUT2D eigenvalue weighted by atomic mass is 9.99. The molecule has 1 aromatic heterocycles. The molecule has 0 aromatic carbocycles. The molecule has 1 unspecified atom stereocenters. The van der Waals surface area contributed by atoms with Gasteiger partial charge in [-0.15, -0.1) is 0 Å². The number of hydrogen-bond acceptors (Lipinski definition) is 3. The summed E-state index contributed by atoms with van der Waals surface area (Å²) >= 11 is 0. The summed E-state index contributed by atoms with van der Waals surface area (Å²) < 4.78 is 5.07. The van der Waals surface area contributed by atoms with Crippen molar-refractivity contribution in [2.75, 3.05) is 0 Å². The smallest absolute Gasteiger partial charge is 0.371 e. The van der Waals surface area contributed by atoms with Gasteiger partial charge in [-0.2, -0.15) is 0 Å². The zero-order valence-electron chi connectivity index (χ0n) is 9.76. The Kier molecular flexibility index (Phi) is 3.84. The van der Waals surface area contributed by atoms with Crippen LogP contribution in [-0.4, -0.2) is 16.2 Å². The molecule has 0 amide bonds. The Morgan fingerprint density at radius 3 is 2.71 bits per heavy atom. The van der Waals surface area contributed by atoms with Crippen LogP contribution in [0.15, 0.2) is 16.5 Å². The number of hydrogen-bond donors (Lipinski definition) is 2. The van der Waals surface area contributed by atoms with Gasteiger partial charge in [0.1, 0.15) is 11.9 Å². The van der Waals surface area contributed by atoms with E-state index in [9.17, 15) is 9.90 Å². The minimum atomic E-state index is -1.10. The summed E-state index contributed by atoms with van der Waals surface area (Å²) in [7, 11) is 0. The minimum absolute atomic E-state index is 0.111. The fourth-order valence-corrected chi connectivity index (χ4v) is 2.48. The molecule has 1 fully saturated rings. The molecule has 0 aliphatic heterocycles. The highest BCUT2D eigenvalue weighted by atomic mass is 16.4. The van der Waals surface area contributed by atoms with Crippen LogP contribution >= 0.6 is 0 Å². The van der Waals surface area contributed by atoms with Crippen LogP contribution < -0.4 is 0 Å². The number of rotatable bonds is 5. The van der Waals surface area contributed by atoms with Crippen LogP contribution in [0.2, 0.25) is 0 Å². The van der Waals surface area contributed by atoms with Crippen molar-refractivity contribution in [3.63, 3.8) is 0 Å². The van der Waals surface area contributed by atoms with Crippen LogP contribution in [-0.2, 0) is 0 Å². The van der Waals surface area contributed by atoms with Crippen molar-refractivity contribution in [2.45, 2.75) is 44.6 Å². The number of aromatic carboxylic acids is 1. The van der Waals surface area contributed by atoms with Crippen molar-refractivity contribution in [3.8, 4) is 0 Å². The Labute approximate surface area is 100 Å². The summed E-state index contributed by atoms with van der Waals surface area (Å²) in [4.78, 5) is 10.6. The van der Waals surface area contributed by atoms with E-state index in [0.29, 0.717) is 12.2 Å². The fraction of sp³-hybridized carbons (Fsp3) is 0.615. The van der Waals surface area contributed by atoms with Crippen molar-refractivity contribution in [1.29, 1.82) is 0 Å². The quantitative estimate of drug-likeness (QED) is 0.827. The highest BCUT2D eigenvalue weighted by Crippen LogP contribution is 2.31. The maximum absolute atomic E-state index is 10.6. The van der Waals surface area contributed by atoms with E-state index in [1.807, 2.05) is 0 Å². The van der Waals surface area contributed by atoms with E-state index in [1.165, 1.54) is 31.7 Å². The van der Waals surface area contributed by atoms with Gasteiger partial charge in [-0.3, -0.25) is 0 Å². The van der Waals surface area contributed by atoms with Crippen LogP contribution in [0.5, 0.6) is 0 Å². The third-order valence-corrected chi connectivity index (χ3v) is 3.49. The number of furan rings is 1. The van der Waals surface area contributed by atoms with Crippen molar-refractivity contribution in [3.05, 3.63) is 23.7 Å². The van der Waals surface area contributed by atoms with Gasteiger partial charge < -0.3 is 14.6 Å². The predicted molar refractivity (Wildman–Crippen MR) is 61.8 cm³/mol. The third kappa shape index (κ3) is 3.09. The maximum atomic E-state index is 10.6. The normalized spacial score (nSPS) is 18.4. The first-order chi connectivity index (χ1) is 8.16. The first-order valence-electron chi connectivity index (χ1n) is 6.18. The monoisotopic (exact) mass is 238 g/mol. The first-order valence-corrected chi connectivity index (χ1v) is 6.18. The minimum Gasteiger partial charge on any atom is -0.475 e. The molecule has 0 saturated heterocycles. The van der Waals surface area contributed by atoms with Crippen molar-refractivity contribution < 1.29 is 19.4 Å². The molecular weight excluding hydrogens is 220 g/mol. The van der Waals surface area contributed by atoms with Crippen LogP contribution in [0.1, 0.15) is 60.9 Å². The average molecular weight is 238 g/mol. The van der Waals surface area contributed by atoms with Crippen LogP contribution in [0.4, 0.5) is 0 Å². The molecule has 0 spiro atoms. The van der Waals surface area contributed by atoms with Crippen LogP contribution in [0.3, 0.4) is 0 Å².